The van der Waals surface area contributed by atoms with E-state index in [1.54, 1.807) is 35.9 Å². The fourth-order valence-electron chi connectivity index (χ4n) is 5.33. The number of carbonyl (C=O) groups excluding carboxylic acids is 2. The van der Waals surface area contributed by atoms with Gasteiger partial charge in [0.15, 0.2) is 17.5 Å². The summed E-state index contributed by atoms with van der Waals surface area (Å²) < 4.78 is 18.1. The summed E-state index contributed by atoms with van der Waals surface area (Å²) in [7, 11) is 3.17. The van der Waals surface area contributed by atoms with Crippen molar-refractivity contribution in [3.8, 4) is 11.5 Å². The second-order valence-electron chi connectivity index (χ2n) is 10.0. The van der Waals surface area contributed by atoms with Crippen LogP contribution in [0.1, 0.15) is 49.5 Å². The van der Waals surface area contributed by atoms with E-state index >= 15 is 0 Å². The van der Waals surface area contributed by atoms with Crippen molar-refractivity contribution >= 4 is 22.8 Å². The van der Waals surface area contributed by atoms with Crippen molar-refractivity contribution in [1.82, 2.24) is 25.2 Å². The first kappa shape index (κ1) is 27.2. The third-order valence-corrected chi connectivity index (χ3v) is 7.44. The summed E-state index contributed by atoms with van der Waals surface area (Å²) in [6.45, 7) is 0.199. The van der Waals surface area contributed by atoms with Crippen LogP contribution < -0.4 is 14.8 Å². The zero-order valence-electron chi connectivity index (χ0n) is 22.9. The quantitative estimate of drug-likeness (QED) is 0.299. The van der Waals surface area contributed by atoms with E-state index in [2.05, 4.69) is 15.6 Å². The van der Waals surface area contributed by atoms with Gasteiger partial charge in [-0.25, -0.2) is 4.68 Å². The maximum Gasteiger partial charge on any atom is 0.250 e. The number of nitrogens with one attached hydrogen (secondary N) is 1. The molecule has 1 saturated carbocycles. The summed E-state index contributed by atoms with van der Waals surface area (Å²) in [4.78, 5) is 29.4. The van der Waals surface area contributed by atoms with Crippen LogP contribution >= 0.6 is 0 Å². The Morgan fingerprint density at radius 3 is 2.60 bits per heavy atom. The molecule has 5 rings (SSSR count). The Kier molecular flexibility index (Phi) is 8.63. The first-order valence-corrected chi connectivity index (χ1v) is 13.7. The number of hydrogen-bond donors (Lipinski definition) is 1. The Bertz CT molecular complexity index is 1430. The lowest BCUT2D eigenvalue weighted by atomic mass is 9.95. The minimum atomic E-state index is -0.931. The van der Waals surface area contributed by atoms with E-state index in [-0.39, 0.29) is 30.9 Å². The molecular formula is C30H35N5O5. The highest BCUT2D eigenvalue weighted by Gasteiger charge is 2.35. The number of methoxy groups -OCH3 is 2. The van der Waals surface area contributed by atoms with E-state index in [0.717, 1.165) is 36.8 Å². The van der Waals surface area contributed by atoms with Gasteiger partial charge in [0, 0.05) is 12.6 Å². The molecule has 10 nitrogen and oxygen atoms in total. The predicted octanol–water partition coefficient (Wildman–Crippen LogP) is 4.30. The van der Waals surface area contributed by atoms with Crippen LogP contribution in [-0.4, -0.2) is 58.5 Å². The van der Waals surface area contributed by atoms with E-state index in [1.165, 1.54) is 12.7 Å². The minimum Gasteiger partial charge on any atom is -0.493 e. The molecule has 1 unspecified atom stereocenters. The normalized spacial score (nSPS) is 14.6. The number of para-hydroxylation sites is 1. The van der Waals surface area contributed by atoms with Crippen LogP contribution in [0.4, 0.5) is 0 Å². The van der Waals surface area contributed by atoms with Crippen molar-refractivity contribution in [3.05, 3.63) is 72.2 Å². The molecule has 0 bridgehead atoms. The Morgan fingerprint density at radius 2 is 1.85 bits per heavy atom. The summed E-state index contributed by atoms with van der Waals surface area (Å²) >= 11 is 0. The number of aromatic nitrogens is 3. The van der Waals surface area contributed by atoms with Crippen LogP contribution in [0.5, 0.6) is 11.5 Å². The van der Waals surface area contributed by atoms with Gasteiger partial charge < -0.3 is 24.1 Å². The molecule has 4 aromatic rings. The summed E-state index contributed by atoms with van der Waals surface area (Å²) in [5, 5.41) is 11.6. The molecule has 1 aliphatic rings. The number of benzene rings is 2. The fraction of sp³-hybridized carbons (Fsp3) is 0.400. The number of carbonyl (C=O) groups is 2. The molecule has 1 atom stereocenters. The van der Waals surface area contributed by atoms with Crippen LogP contribution in [0, 0.1) is 0 Å². The number of hydrogen-bond acceptors (Lipinski definition) is 7. The van der Waals surface area contributed by atoms with Gasteiger partial charge in [-0.3, -0.25) is 9.59 Å². The standard InChI is InChI=1S/C30H35N5O5/c1-38-25-15-14-21(19-27(25)39-2)16-17-34(28(36)20-35-24-12-7-6-11-23(24)32-33-35)29(26-13-8-18-40-26)30(37)31-22-9-4-3-5-10-22/h6-8,11-15,18-19,22,29H,3-5,9-10,16-17,20H2,1-2H3,(H,31,37). The Balaban J connectivity index is 1.45. The maximum atomic E-state index is 14.0. The van der Waals surface area contributed by atoms with Gasteiger partial charge in [0.25, 0.3) is 5.91 Å². The molecule has 2 aromatic carbocycles. The Labute approximate surface area is 233 Å². The minimum absolute atomic E-state index is 0.0691. The number of fused-ring (bicyclic) bond motifs is 1. The van der Waals surface area contributed by atoms with Crippen molar-refractivity contribution in [1.29, 1.82) is 0 Å². The zero-order valence-corrected chi connectivity index (χ0v) is 22.9. The van der Waals surface area contributed by atoms with Gasteiger partial charge in [0.1, 0.15) is 17.8 Å². The zero-order chi connectivity index (χ0) is 27.9. The second kappa shape index (κ2) is 12.7. The molecule has 2 aromatic heterocycles. The van der Waals surface area contributed by atoms with Crippen molar-refractivity contribution in [2.75, 3.05) is 20.8 Å². The van der Waals surface area contributed by atoms with E-state index in [4.69, 9.17) is 13.9 Å². The van der Waals surface area contributed by atoms with Gasteiger partial charge in [-0.05, 0) is 61.2 Å². The molecule has 1 aliphatic carbocycles. The van der Waals surface area contributed by atoms with E-state index in [1.807, 2.05) is 42.5 Å². The highest BCUT2D eigenvalue weighted by Crippen LogP contribution is 2.29. The molecule has 0 spiro atoms. The van der Waals surface area contributed by atoms with Gasteiger partial charge in [0.2, 0.25) is 5.91 Å². The van der Waals surface area contributed by atoms with Crippen molar-refractivity contribution < 1.29 is 23.5 Å². The van der Waals surface area contributed by atoms with Gasteiger partial charge in [-0.15, -0.1) is 5.10 Å². The molecular weight excluding hydrogens is 510 g/mol. The van der Waals surface area contributed by atoms with Gasteiger partial charge >= 0.3 is 0 Å². The monoisotopic (exact) mass is 545 g/mol. The lowest BCUT2D eigenvalue weighted by Crippen LogP contribution is -2.48. The molecule has 0 saturated heterocycles. The molecule has 0 radical (unpaired) electrons. The van der Waals surface area contributed by atoms with Crippen LogP contribution in [0.25, 0.3) is 11.0 Å². The Hall–Kier alpha value is -4.34. The largest absolute Gasteiger partial charge is 0.493 e. The van der Waals surface area contributed by atoms with Crippen LogP contribution in [-0.2, 0) is 22.6 Å². The molecule has 40 heavy (non-hydrogen) atoms. The van der Waals surface area contributed by atoms with Gasteiger partial charge in [-0.1, -0.05) is 42.7 Å². The molecule has 1 N–H and O–H groups in total. The average molecular weight is 546 g/mol. The molecule has 2 heterocycles. The molecule has 10 heteroatoms. The van der Waals surface area contributed by atoms with Crippen LogP contribution in [0.2, 0.25) is 0 Å². The third kappa shape index (κ3) is 6.11. The third-order valence-electron chi connectivity index (χ3n) is 7.44. The van der Waals surface area contributed by atoms with Gasteiger partial charge in [-0.2, -0.15) is 0 Å². The van der Waals surface area contributed by atoms with Crippen molar-refractivity contribution in [2.45, 2.75) is 57.2 Å². The second-order valence-corrected chi connectivity index (χ2v) is 10.0. The number of ether oxygens (including phenoxy) is 2. The topological polar surface area (TPSA) is 112 Å². The van der Waals surface area contributed by atoms with Crippen LogP contribution in [0.3, 0.4) is 0 Å². The smallest absolute Gasteiger partial charge is 0.250 e. The lowest BCUT2D eigenvalue weighted by Gasteiger charge is -2.32. The Morgan fingerprint density at radius 1 is 1.05 bits per heavy atom. The molecule has 1 fully saturated rings. The summed E-state index contributed by atoms with van der Waals surface area (Å²) in [5.74, 6) is 1.13. The number of furan rings is 1. The van der Waals surface area contributed by atoms with Crippen LogP contribution in [0.15, 0.2) is 65.3 Å². The lowest BCUT2D eigenvalue weighted by molar-refractivity contribution is -0.142. The van der Waals surface area contributed by atoms with E-state index < -0.39 is 6.04 Å². The highest BCUT2D eigenvalue weighted by molar-refractivity contribution is 5.89. The molecule has 210 valence electrons. The van der Waals surface area contributed by atoms with Crippen molar-refractivity contribution in [2.24, 2.45) is 0 Å². The fourth-order valence-corrected chi connectivity index (χ4v) is 5.33. The maximum absolute atomic E-state index is 14.0. The van der Waals surface area contributed by atoms with E-state index in [0.29, 0.717) is 29.2 Å². The summed E-state index contributed by atoms with van der Waals surface area (Å²) in [6, 6.07) is 15.8. The van der Waals surface area contributed by atoms with Gasteiger partial charge in [0.05, 0.1) is 26.0 Å². The predicted molar refractivity (Wildman–Crippen MR) is 149 cm³/mol. The number of rotatable bonds is 11. The van der Waals surface area contributed by atoms with Crippen molar-refractivity contribution in [3.63, 3.8) is 0 Å². The van der Waals surface area contributed by atoms with E-state index in [9.17, 15) is 9.59 Å². The summed E-state index contributed by atoms with van der Waals surface area (Å²) in [5.41, 5.74) is 2.38. The SMILES string of the molecule is COc1ccc(CCN(C(=O)Cn2nnc3ccccc32)C(C(=O)NC2CCCCC2)c2ccco2)cc1OC. The molecule has 2 amide bonds. The first-order chi connectivity index (χ1) is 19.6. The summed E-state index contributed by atoms with van der Waals surface area (Å²) in [6.07, 6.45) is 7.21. The number of nitrogens with zero attached hydrogens (tertiary/aromatic N) is 4. The number of amides is 2. The highest BCUT2D eigenvalue weighted by atomic mass is 16.5. The average Bonchev–Trinajstić information content (AvgIpc) is 3.66. The molecule has 0 aliphatic heterocycles. The first-order valence-electron chi connectivity index (χ1n) is 13.7.